The van der Waals surface area contributed by atoms with Crippen LogP contribution in [0.25, 0.3) is 16.0 Å². The number of pyridine rings is 1. The zero-order valence-corrected chi connectivity index (χ0v) is 12.7. The van der Waals surface area contributed by atoms with Gasteiger partial charge in [0.1, 0.15) is 5.75 Å². The number of nitrogens with zero attached hydrogens (tertiary/aromatic N) is 3. The number of aryl methyl sites for hydroxylation is 1. The predicted octanol–water partition coefficient (Wildman–Crippen LogP) is 1.99. The largest absolute Gasteiger partial charge is 0.507 e. The molecule has 0 saturated carbocycles. The number of phenols is 1. The number of aromatic hydroxyl groups is 1. The number of amides is 1. The standard InChI is InChI=1S/C16H15N5O2/c1-9-8-20-7-6-10(9)13-11(18-2)4-5-12(22)14(13)15(23)21-16(17)19-3/h4-8,22H,1,3H3,(H3,17,19,21,23). The molecular formula is C16H15N5O2. The molecule has 2 aromatic rings. The quantitative estimate of drug-likeness (QED) is 0.448. The van der Waals surface area contributed by atoms with Crippen LogP contribution in [0.1, 0.15) is 15.9 Å². The molecule has 0 unspecified atom stereocenters. The van der Waals surface area contributed by atoms with Crippen LogP contribution in [-0.2, 0) is 0 Å². The molecule has 1 amide bonds. The van der Waals surface area contributed by atoms with Crippen LogP contribution in [0.2, 0.25) is 0 Å². The Labute approximate surface area is 133 Å². The highest BCUT2D eigenvalue weighted by atomic mass is 16.3. The summed E-state index contributed by atoms with van der Waals surface area (Å²) in [5, 5.41) is 12.5. The number of hydrogen-bond donors (Lipinski definition) is 3. The Morgan fingerprint density at radius 2 is 2.17 bits per heavy atom. The Kier molecular flexibility index (Phi) is 4.57. The summed E-state index contributed by atoms with van der Waals surface area (Å²) >= 11 is 0. The van der Waals surface area contributed by atoms with Crippen molar-refractivity contribution >= 4 is 17.6 Å². The lowest BCUT2D eigenvalue weighted by molar-refractivity contribution is 0.0974. The van der Waals surface area contributed by atoms with Gasteiger partial charge < -0.3 is 10.8 Å². The van der Waals surface area contributed by atoms with Gasteiger partial charge in [-0.15, -0.1) is 0 Å². The van der Waals surface area contributed by atoms with Crippen LogP contribution in [0, 0.1) is 13.5 Å². The highest BCUT2D eigenvalue weighted by molar-refractivity contribution is 6.12. The minimum absolute atomic E-state index is 0.0283. The Balaban J connectivity index is 2.74. The molecule has 0 aliphatic carbocycles. The van der Waals surface area contributed by atoms with Crippen LogP contribution in [0.4, 0.5) is 5.69 Å². The molecule has 2 rings (SSSR count). The highest BCUT2D eigenvalue weighted by Gasteiger charge is 2.22. The average molecular weight is 309 g/mol. The summed E-state index contributed by atoms with van der Waals surface area (Å²) in [6, 6.07) is 4.46. The molecule has 1 aromatic heterocycles. The molecule has 0 aliphatic heterocycles. The van der Waals surface area contributed by atoms with Crippen molar-refractivity contribution in [2.75, 3.05) is 7.05 Å². The van der Waals surface area contributed by atoms with Crippen molar-refractivity contribution in [2.45, 2.75) is 6.92 Å². The molecule has 0 aliphatic rings. The van der Waals surface area contributed by atoms with E-state index in [9.17, 15) is 9.90 Å². The van der Waals surface area contributed by atoms with Gasteiger partial charge in [0.2, 0.25) is 0 Å². The third kappa shape index (κ3) is 3.11. The van der Waals surface area contributed by atoms with Crippen LogP contribution in [0.15, 0.2) is 35.6 Å². The Bertz CT molecular complexity index is 837. The third-order valence-corrected chi connectivity index (χ3v) is 3.28. The number of benzene rings is 1. The third-order valence-electron chi connectivity index (χ3n) is 3.28. The first-order chi connectivity index (χ1) is 11.0. The Hall–Kier alpha value is -3.40. The van der Waals surface area contributed by atoms with Gasteiger partial charge in [-0.2, -0.15) is 0 Å². The van der Waals surface area contributed by atoms with Gasteiger partial charge in [0, 0.05) is 25.0 Å². The fourth-order valence-corrected chi connectivity index (χ4v) is 2.16. The van der Waals surface area contributed by atoms with Crippen molar-refractivity contribution < 1.29 is 9.90 Å². The number of carbonyl (C=O) groups is 1. The molecule has 4 N–H and O–H groups in total. The van der Waals surface area contributed by atoms with E-state index in [0.29, 0.717) is 11.1 Å². The number of carbonyl (C=O) groups excluding carboxylic acids is 1. The second-order valence-electron chi connectivity index (χ2n) is 4.72. The van der Waals surface area contributed by atoms with Gasteiger partial charge in [-0.3, -0.25) is 20.1 Å². The average Bonchev–Trinajstić information content (AvgIpc) is 2.54. The summed E-state index contributed by atoms with van der Waals surface area (Å²) < 4.78 is 0. The van der Waals surface area contributed by atoms with Crippen molar-refractivity contribution in [1.29, 1.82) is 0 Å². The summed E-state index contributed by atoms with van der Waals surface area (Å²) in [5.74, 6) is -0.965. The number of nitrogens with two attached hydrogens (primary N) is 1. The topological polar surface area (TPSA) is 105 Å². The molecule has 7 nitrogen and oxygen atoms in total. The van der Waals surface area contributed by atoms with Crippen LogP contribution in [0.3, 0.4) is 0 Å². The zero-order chi connectivity index (χ0) is 17.0. The van der Waals surface area contributed by atoms with Crippen molar-refractivity contribution in [1.82, 2.24) is 10.3 Å². The highest BCUT2D eigenvalue weighted by Crippen LogP contribution is 2.39. The predicted molar refractivity (Wildman–Crippen MR) is 87.3 cm³/mol. The first-order valence-corrected chi connectivity index (χ1v) is 6.67. The molecule has 0 radical (unpaired) electrons. The number of guanidine groups is 1. The van der Waals surface area contributed by atoms with Crippen LogP contribution >= 0.6 is 0 Å². The van der Waals surface area contributed by atoms with E-state index in [1.807, 2.05) is 6.92 Å². The molecule has 0 atom stereocenters. The summed E-state index contributed by atoms with van der Waals surface area (Å²) in [6.45, 7) is 9.15. The molecule has 116 valence electrons. The Morgan fingerprint density at radius 3 is 2.78 bits per heavy atom. The molecule has 0 fully saturated rings. The van der Waals surface area contributed by atoms with Gasteiger partial charge in [0.05, 0.1) is 12.1 Å². The number of hydrogen-bond acceptors (Lipinski definition) is 4. The zero-order valence-electron chi connectivity index (χ0n) is 12.7. The van der Waals surface area contributed by atoms with Crippen molar-refractivity contribution in [2.24, 2.45) is 10.7 Å². The summed E-state index contributed by atoms with van der Waals surface area (Å²) in [6.07, 6.45) is 3.18. The van der Waals surface area contributed by atoms with Gasteiger partial charge in [0.25, 0.3) is 5.91 Å². The Morgan fingerprint density at radius 1 is 1.43 bits per heavy atom. The van der Waals surface area contributed by atoms with E-state index in [0.717, 1.165) is 5.56 Å². The normalized spacial score (nSPS) is 10.9. The van der Waals surface area contributed by atoms with Gasteiger partial charge in [-0.05, 0) is 30.2 Å². The van der Waals surface area contributed by atoms with Crippen molar-refractivity contribution in [3.63, 3.8) is 0 Å². The van der Waals surface area contributed by atoms with Crippen LogP contribution in [0.5, 0.6) is 5.75 Å². The van der Waals surface area contributed by atoms with Crippen LogP contribution < -0.4 is 11.1 Å². The summed E-state index contributed by atoms with van der Waals surface area (Å²) in [5.41, 5.74) is 7.48. The van der Waals surface area contributed by atoms with Gasteiger partial charge in [-0.25, -0.2) is 4.85 Å². The monoisotopic (exact) mass is 309 g/mol. The number of phenolic OH excluding ortho intramolecular Hbond substituents is 1. The first-order valence-electron chi connectivity index (χ1n) is 6.67. The number of rotatable bonds is 2. The second kappa shape index (κ2) is 6.58. The molecule has 0 saturated heterocycles. The van der Waals surface area contributed by atoms with E-state index in [4.69, 9.17) is 12.3 Å². The molecule has 1 aromatic carbocycles. The maximum absolute atomic E-state index is 12.5. The summed E-state index contributed by atoms with van der Waals surface area (Å²) in [4.78, 5) is 23.6. The van der Waals surface area contributed by atoms with E-state index < -0.39 is 5.91 Å². The van der Waals surface area contributed by atoms with Gasteiger partial charge in [-0.1, -0.05) is 6.07 Å². The second-order valence-corrected chi connectivity index (χ2v) is 4.72. The van der Waals surface area contributed by atoms with Gasteiger partial charge >= 0.3 is 0 Å². The lowest BCUT2D eigenvalue weighted by Gasteiger charge is -2.15. The molecule has 1 heterocycles. The van der Waals surface area contributed by atoms with E-state index in [1.54, 1.807) is 18.5 Å². The lowest BCUT2D eigenvalue weighted by atomic mass is 9.94. The number of nitrogens with one attached hydrogen (secondary N) is 1. The van der Waals surface area contributed by atoms with E-state index in [-0.39, 0.29) is 23.0 Å². The number of aromatic nitrogens is 1. The van der Waals surface area contributed by atoms with Gasteiger partial charge in [0.15, 0.2) is 11.6 Å². The number of aliphatic imine (C=N–C) groups is 1. The fraction of sp³-hybridized carbons (Fsp3) is 0.125. The maximum Gasteiger partial charge on any atom is 0.261 e. The fourth-order valence-electron chi connectivity index (χ4n) is 2.16. The van der Waals surface area contributed by atoms with E-state index in [2.05, 4.69) is 20.1 Å². The van der Waals surface area contributed by atoms with Crippen molar-refractivity contribution in [3.05, 3.63) is 53.1 Å². The smallest absolute Gasteiger partial charge is 0.261 e. The molecule has 7 heteroatoms. The maximum atomic E-state index is 12.5. The van der Waals surface area contributed by atoms with Crippen LogP contribution in [-0.4, -0.2) is 29.0 Å². The lowest BCUT2D eigenvalue weighted by Crippen LogP contribution is -2.36. The SMILES string of the molecule is [C-]#[N+]c1ccc(O)c(C(=O)NC(N)=NC)c1-c1ccncc1C. The summed E-state index contributed by atoms with van der Waals surface area (Å²) in [7, 11) is 1.43. The molecule has 0 spiro atoms. The molecule has 0 bridgehead atoms. The van der Waals surface area contributed by atoms with Crippen molar-refractivity contribution in [3.8, 4) is 16.9 Å². The molecule has 23 heavy (non-hydrogen) atoms. The van der Waals surface area contributed by atoms with E-state index in [1.165, 1.54) is 19.2 Å². The minimum Gasteiger partial charge on any atom is -0.507 e. The molecular weight excluding hydrogens is 294 g/mol. The minimum atomic E-state index is -0.637. The first kappa shape index (κ1) is 16.0. The van der Waals surface area contributed by atoms with E-state index >= 15 is 0 Å².